The molecule has 1 amide bonds. The van der Waals surface area contributed by atoms with Crippen LogP contribution < -0.4 is 14.8 Å². The van der Waals surface area contributed by atoms with Crippen LogP contribution in [0.4, 0.5) is 5.69 Å². The Labute approximate surface area is 157 Å². The normalized spacial score (nSPS) is 16.0. The number of nitrogens with zero attached hydrogens (tertiary/aromatic N) is 3. The molecule has 0 aliphatic carbocycles. The molecule has 0 saturated heterocycles. The Hall–Kier alpha value is -3.04. The van der Waals surface area contributed by atoms with Gasteiger partial charge in [-0.2, -0.15) is 5.10 Å². The number of methoxy groups -OCH3 is 1. The van der Waals surface area contributed by atoms with Crippen LogP contribution in [0.5, 0.6) is 5.75 Å². The predicted octanol–water partition coefficient (Wildman–Crippen LogP) is 1.53. The second-order valence-corrected chi connectivity index (χ2v) is 7.46. The van der Waals surface area contributed by atoms with Crippen molar-refractivity contribution in [2.75, 3.05) is 19.1 Å². The van der Waals surface area contributed by atoms with Crippen LogP contribution in [0.3, 0.4) is 0 Å². The molecule has 0 radical (unpaired) electrons. The van der Waals surface area contributed by atoms with Crippen molar-refractivity contribution in [1.82, 2.24) is 0 Å². The van der Waals surface area contributed by atoms with Crippen LogP contribution in [0.15, 0.2) is 57.6 Å². The van der Waals surface area contributed by atoms with Crippen LogP contribution in [0.1, 0.15) is 18.1 Å². The number of benzene rings is 2. The van der Waals surface area contributed by atoms with Crippen molar-refractivity contribution in [3.05, 3.63) is 53.6 Å². The summed E-state index contributed by atoms with van der Waals surface area (Å²) in [4.78, 5) is 13.8. The molecule has 0 bridgehead atoms. The molecule has 1 aliphatic rings. The maximum Gasteiger partial charge on any atom is 0.279 e. The van der Waals surface area contributed by atoms with Gasteiger partial charge in [-0.3, -0.25) is 4.79 Å². The number of hydrogen-bond donors (Lipinski definition) is 1. The summed E-state index contributed by atoms with van der Waals surface area (Å²) >= 11 is 0. The zero-order chi connectivity index (χ0) is 19.8. The smallest absolute Gasteiger partial charge is 0.279 e. The van der Waals surface area contributed by atoms with Crippen LogP contribution in [-0.4, -0.2) is 39.9 Å². The first kappa shape index (κ1) is 18.7. The minimum atomic E-state index is -3.96. The van der Waals surface area contributed by atoms with Crippen LogP contribution in [0.25, 0.3) is 0 Å². The summed E-state index contributed by atoms with van der Waals surface area (Å²) in [5.74, 6) is -0.116. The van der Waals surface area contributed by atoms with Crippen LogP contribution in [0, 0.1) is 0 Å². The summed E-state index contributed by atoms with van der Waals surface area (Å²) in [6.07, 6.45) is 0. The summed E-state index contributed by atoms with van der Waals surface area (Å²) in [5.41, 5.74) is 2.61. The van der Waals surface area contributed by atoms with Gasteiger partial charge in [-0.1, -0.05) is 18.2 Å². The van der Waals surface area contributed by atoms with Crippen molar-refractivity contribution in [3.8, 4) is 5.75 Å². The van der Waals surface area contributed by atoms with E-state index >= 15 is 0 Å². The van der Waals surface area contributed by atoms with Gasteiger partial charge >= 0.3 is 0 Å². The van der Waals surface area contributed by atoms with Crippen molar-refractivity contribution in [3.63, 3.8) is 0 Å². The highest BCUT2D eigenvalue weighted by Crippen LogP contribution is 2.28. The largest absolute Gasteiger partial charge is 0.495 e. The summed E-state index contributed by atoms with van der Waals surface area (Å²) in [5, 5.41) is 13.5. The Kier molecular flexibility index (Phi) is 4.81. The average Bonchev–Trinajstić information content (AvgIpc) is 2.89. The van der Waals surface area contributed by atoms with E-state index in [0.29, 0.717) is 16.8 Å². The lowest BCUT2D eigenvalue weighted by atomic mass is 10.1. The van der Waals surface area contributed by atoms with E-state index in [9.17, 15) is 13.2 Å². The lowest BCUT2D eigenvalue weighted by molar-refractivity contribution is -0.111. The first-order valence-electron chi connectivity index (χ1n) is 7.95. The molecule has 140 valence electrons. The molecule has 0 spiro atoms. The molecule has 2 aromatic carbocycles. The van der Waals surface area contributed by atoms with E-state index in [2.05, 4.69) is 10.2 Å². The number of rotatable bonds is 4. The number of sulfonamides is 1. The SMILES string of the molecule is COc1ccc(/C(C)=N/N=C2C(=O)N(C)c3ccccc32)cc1S(N)(=O)=O. The highest BCUT2D eigenvalue weighted by Gasteiger charge is 2.31. The number of amides is 1. The molecule has 0 atom stereocenters. The Balaban J connectivity index is 2.02. The minimum Gasteiger partial charge on any atom is -0.495 e. The maximum absolute atomic E-state index is 12.4. The van der Waals surface area contributed by atoms with Crippen LogP contribution >= 0.6 is 0 Å². The van der Waals surface area contributed by atoms with Gasteiger partial charge in [0.25, 0.3) is 5.91 Å². The van der Waals surface area contributed by atoms with Crippen molar-refractivity contribution in [2.45, 2.75) is 11.8 Å². The maximum atomic E-state index is 12.4. The minimum absolute atomic E-state index is 0.141. The Morgan fingerprint density at radius 1 is 1.19 bits per heavy atom. The van der Waals surface area contributed by atoms with Crippen molar-refractivity contribution in [2.24, 2.45) is 15.3 Å². The van der Waals surface area contributed by atoms with E-state index in [4.69, 9.17) is 9.88 Å². The van der Waals surface area contributed by atoms with E-state index in [0.717, 1.165) is 5.69 Å². The number of carbonyl (C=O) groups excluding carboxylic acids is 1. The number of likely N-dealkylation sites (N-methyl/N-ethyl adjacent to an activating group) is 1. The van der Waals surface area contributed by atoms with E-state index in [1.54, 1.807) is 26.1 Å². The lowest BCUT2D eigenvalue weighted by Crippen LogP contribution is -2.25. The van der Waals surface area contributed by atoms with Gasteiger partial charge in [0, 0.05) is 12.6 Å². The van der Waals surface area contributed by atoms with Gasteiger partial charge in [0.15, 0.2) is 5.71 Å². The number of carbonyl (C=O) groups is 1. The molecule has 0 aromatic heterocycles. The molecule has 3 rings (SSSR count). The molecule has 0 saturated carbocycles. The monoisotopic (exact) mass is 386 g/mol. The number of ether oxygens (including phenoxy) is 1. The number of hydrogen-bond acceptors (Lipinski definition) is 6. The van der Waals surface area contributed by atoms with Gasteiger partial charge in [-0.15, -0.1) is 5.10 Å². The molecule has 27 heavy (non-hydrogen) atoms. The molecule has 0 fully saturated rings. The van der Waals surface area contributed by atoms with Gasteiger partial charge in [0.05, 0.1) is 18.5 Å². The summed E-state index contributed by atoms with van der Waals surface area (Å²) in [7, 11) is -0.939. The quantitative estimate of drug-likeness (QED) is 0.634. The van der Waals surface area contributed by atoms with Crippen LogP contribution in [-0.2, 0) is 14.8 Å². The Morgan fingerprint density at radius 3 is 2.56 bits per heavy atom. The average molecular weight is 386 g/mol. The highest BCUT2D eigenvalue weighted by molar-refractivity contribution is 7.89. The topological polar surface area (TPSA) is 114 Å². The Bertz CT molecular complexity index is 1090. The molecule has 9 heteroatoms. The van der Waals surface area contributed by atoms with Crippen molar-refractivity contribution in [1.29, 1.82) is 0 Å². The van der Waals surface area contributed by atoms with Crippen molar-refractivity contribution >= 4 is 33.0 Å². The predicted molar refractivity (Wildman–Crippen MR) is 103 cm³/mol. The third-order valence-electron chi connectivity index (χ3n) is 4.22. The molecule has 1 aliphatic heterocycles. The summed E-state index contributed by atoms with van der Waals surface area (Å²) < 4.78 is 28.5. The van der Waals surface area contributed by atoms with E-state index in [1.165, 1.54) is 24.1 Å². The molecular formula is C18H18N4O4S. The van der Waals surface area contributed by atoms with E-state index in [-0.39, 0.29) is 22.3 Å². The van der Waals surface area contributed by atoms with Crippen LogP contribution in [0.2, 0.25) is 0 Å². The Morgan fingerprint density at radius 2 is 1.89 bits per heavy atom. The summed E-state index contributed by atoms with van der Waals surface area (Å²) in [6.45, 7) is 1.66. The fourth-order valence-electron chi connectivity index (χ4n) is 2.75. The number of nitrogens with two attached hydrogens (primary N) is 1. The molecular weight excluding hydrogens is 368 g/mol. The highest BCUT2D eigenvalue weighted by atomic mass is 32.2. The second kappa shape index (κ2) is 6.93. The summed E-state index contributed by atoms with van der Waals surface area (Å²) in [6, 6.07) is 11.8. The zero-order valence-electron chi connectivity index (χ0n) is 15.0. The number of para-hydroxylation sites is 1. The third-order valence-corrected chi connectivity index (χ3v) is 5.15. The fourth-order valence-corrected chi connectivity index (χ4v) is 3.48. The number of fused-ring (bicyclic) bond motifs is 1. The molecule has 1 heterocycles. The van der Waals surface area contributed by atoms with E-state index in [1.807, 2.05) is 18.2 Å². The van der Waals surface area contributed by atoms with Gasteiger partial charge in [0.1, 0.15) is 10.6 Å². The first-order chi connectivity index (χ1) is 12.7. The fraction of sp³-hybridized carbons (Fsp3) is 0.167. The second-order valence-electron chi connectivity index (χ2n) is 5.93. The van der Waals surface area contributed by atoms with Gasteiger partial charge in [0.2, 0.25) is 10.0 Å². The zero-order valence-corrected chi connectivity index (χ0v) is 15.8. The third kappa shape index (κ3) is 3.46. The number of anilines is 1. The molecule has 2 N–H and O–H groups in total. The molecule has 8 nitrogen and oxygen atoms in total. The van der Waals surface area contributed by atoms with Crippen molar-refractivity contribution < 1.29 is 17.9 Å². The van der Waals surface area contributed by atoms with E-state index < -0.39 is 10.0 Å². The lowest BCUT2D eigenvalue weighted by Gasteiger charge is -2.08. The van der Waals surface area contributed by atoms with Gasteiger partial charge in [-0.25, -0.2) is 13.6 Å². The van der Waals surface area contributed by atoms with Gasteiger partial charge in [-0.05, 0) is 36.8 Å². The number of primary sulfonamides is 1. The standard InChI is InChI=1S/C18H18N4O4S/c1-11(12-8-9-15(26-3)16(10-12)27(19,24)25)20-21-17-13-6-4-5-7-14(13)22(2)18(17)23/h4-10H,1-3H3,(H2,19,24,25)/b20-11+,21-17?. The first-order valence-corrected chi connectivity index (χ1v) is 9.49. The molecule has 2 aromatic rings. The van der Waals surface area contributed by atoms with Gasteiger partial charge < -0.3 is 9.64 Å². The molecule has 0 unspecified atom stereocenters.